The van der Waals surface area contributed by atoms with Crippen LogP contribution in [-0.2, 0) is 6.42 Å². The van der Waals surface area contributed by atoms with E-state index >= 15 is 0 Å². The fraction of sp³-hybridized carbons (Fsp3) is 0.500. The van der Waals surface area contributed by atoms with E-state index in [1.54, 1.807) is 11.3 Å². The smallest absolute Gasteiger partial charge is 0.0654 e. The summed E-state index contributed by atoms with van der Waals surface area (Å²) in [6.45, 7) is 2.09. The molecule has 0 aliphatic heterocycles. The lowest BCUT2D eigenvalue weighted by molar-refractivity contribution is 0.163. The zero-order chi connectivity index (χ0) is 7.14. The van der Waals surface area contributed by atoms with Gasteiger partial charge in [0, 0.05) is 17.2 Å². The van der Waals surface area contributed by atoms with Crippen molar-refractivity contribution in [2.45, 2.75) is 25.4 Å². The van der Waals surface area contributed by atoms with Crippen LogP contribution in [0.15, 0.2) is 11.4 Å². The highest BCUT2D eigenvalue weighted by Crippen LogP contribution is 2.36. The van der Waals surface area contributed by atoms with Gasteiger partial charge in [-0.2, -0.15) is 0 Å². The van der Waals surface area contributed by atoms with Gasteiger partial charge in [-0.15, -0.1) is 11.3 Å². The van der Waals surface area contributed by atoms with Crippen LogP contribution in [0.25, 0.3) is 0 Å². The molecule has 1 nitrogen and oxygen atoms in total. The van der Waals surface area contributed by atoms with Gasteiger partial charge in [-0.3, -0.25) is 0 Å². The van der Waals surface area contributed by atoms with Crippen molar-refractivity contribution in [3.8, 4) is 0 Å². The van der Waals surface area contributed by atoms with E-state index in [-0.39, 0.29) is 6.10 Å². The first-order valence-corrected chi connectivity index (χ1v) is 4.41. The molecular weight excluding hydrogens is 144 g/mol. The zero-order valence-electron chi connectivity index (χ0n) is 5.87. The molecule has 1 heterocycles. The van der Waals surface area contributed by atoms with Crippen LogP contribution in [0, 0.1) is 0 Å². The Morgan fingerprint density at radius 1 is 1.70 bits per heavy atom. The predicted molar refractivity (Wildman–Crippen MR) is 42.4 cm³/mol. The number of fused-ring (bicyclic) bond motifs is 1. The minimum Gasteiger partial charge on any atom is -0.392 e. The molecule has 1 unspecified atom stereocenters. The van der Waals surface area contributed by atoms with Gasteiger partial charge in [0.25, 0.3) is 0 Å². The van der Waals surface area contributed by atoms with Gasteiger partial charge in [0.2, 0.25) is 0 Å². The molecule has 1 N–H and O–H groups in total. The fourth-order valence-electron chi connectivity index (χ4n) is 1.50. The monoisotopic (exact) mass is 154 g/mol. The molecule has 0 amide bonds. The van der Waals surface area contributed by atoms with Crippen LogP contribution in [0.3, 0.4) is 0 Å². The Hall–Kier alpha value is -0.340. The molecule has 2 atom stereocenters. The van der Waals surface area contributed by atoms with Crippen molar-refractivity contribution in [1.29, 1.82) is 0 Å². The number of rotatable bonds is 0. The minimum atomic E-state index is -0.123. The maximum atomic E-state index is 9.41. The molecule has 1 aromatic rings. The van der Waals surface area contributed by atoms with Gasteiger partial charge in [-0.1, -0.05) is 6.92 Å². The van der Waals surface area contributed by atoms with Crippen molar-refractivity contribution in [3.05, 3.63) is 21.9 Å². The average molecular weight is 154 g/mol. The van der Waals surface area contributed by atoms with Crippen LogP contribution in [0.4, 0.5) is 0 Å². The second kappa shape index (κ2) is 2.07. The summed E-state index contributed by atoms with van der Waals surface area (Å²) in [6.07, 6.45) is 0.746. The van der Waals surface area contributed by atoms with Crippen LogP contribution in [0.5, 0.6) is 0 Å². The maximum absolute atomic E-state index is 9.41. The molecule has 0 spiro atoms. The lowest BCUT2D eigenvalue weighted by Crippen LogP contribution is -2.09. The first kappa shape index (κ1) is 6.38. The Bertz CT molecular complexity index is 241. The summed E-state index contributed by atoms with van der Waals surface area (Å²) in [6, 6.07) is 2.13. The first-order chi connectivity index (χ1) is 4.79. The third-order valence-electron chi connectivity index (χ3n) is 2.24. The average Bonchev–Trinajstić information content (AvgIpc) is 2.41. The molecule has 0 saturated carbocycles. The van der Waals surface area contributed by atoms with Crippen molar-refractivity contribution >= 4 is 11.3 Å². The van der Waals surface area contributed by atoms with E-state index in [0.717, 1.165) is 6.42 Å². The molecule has 1 aromatic heterocycles. The lowest BCUT2D eigenvalue weighted by Gasteiger charge is -2.06. The summed E-state index contributed by atoms with van der Waals surface area (Å²) in [7, 11) is 0. The molecule has 2 heteroatoms. The van der Waals surface area contributed by atoms with E-state index in [4.69, 9.17) is 0 Å². The number of aliphatic hydroxyl groups is 1. The number of thiophene rings is 1. The second-order valence-corrected chi connectivity index (χ2v) is 3.86. The normalized spacial score (nSPS) is 30.6. The molecule has 1 aliphatic carbocycles. The largest absolute Gasteiger partial charge is 0.392 e. The summed E-state index contributed by atoms with van der Waals surface area (Å²) < 4.78 is 0. The Morgan fingerprint density at radius 2 is 2.50 bits per heavy atom. The van der Waals surface area contributed by atoms with Gasteiger partial charge in [0.15, 0.2) is 0 Å². The highest BCUT2D eigenvalue weighted by molar-refractivity contribution is 7.10. The van der Waals surface area contributed by atoms with E-state index in [1.807, 2.05) is 0 Å². The Morgan fingerprint density at radius 3 is 3.20 bits per heavy atom. The third kappa shape index (κ3) is 0.724. The van der Waals surface area contributed by atoms with Crippen LogP contribution in [-0.4, -0.2) is 11.2 Å². The SMILES string of the molecule is C[C@H]1c2ccsc2CC1O. The highest BCUT2D eigenvalue weighted by atomic mass is 32.1. The quantitative estimate of drug-likeness (QED) is 0.604. The van der Waals surface area contributed by atoms with Gasteiger partial charge in [-0.25, -0.2) is 0 Å². The molecule has 10 heavy (non-hydrogen) atoms. The summed E-state index contributed by atoms with van der Waals surface area (Å²) in [4.78, 5) is 1.38. The molecule has 0 radical (unpaired) electrons. The molecule has 0 aromatic carbocycles. The lowest BCUT2D eigenvalue weighted by atomic mass is 10.1. The highest BCUT2D eigenvalue weighted by Gasteiger charge is 2.27. The van der Waals surface area contributed by atoms with Crippen molar-refractivity contribution in [2.24, 2.45) is 0 Å². The van der Waals surface area contributed by atoms with E-state index in [1.165, 1.54) is 10.4 Å². The van der Waals surface area contributed by atoms with Crippen LogP contribution in [0.2, 0.25) is 0 Å². The van der Waals surface area contributed by atoms with Gasteiger partial charge in [0.05, 0.1) is 6.10 Å². The second-order valence-electron chi connectivity index (χ2n) is 2.86. The van der Waals surface area contributed by atoms with Gasteiger partial charge in [-0.05, 0) is 17.0 Å². The number of aliphatic hydroxyl groups excluding tert-OH is 1. The van der Waals surface area contributed by atoms with Crippen LogP contribution < -0.4 is 0 Å². The van der Waals surface area contributed by atoms with Crippen molar-refractivity contribution in [3.63, 3.8) is 0 Å². The molecule has 0 saturated heterocycles. The molecule has 1 aliphatic rings. The fourth-order valence-corrected chi connectivity index (χ4v) is 2.53. The standard InChI is InChI=1S/C8H10OS/c1-5-6-2-3-10-8(6)4-7(5)9/h2-3,5,7,9H,4H2,1H3/t5-,7?/m0/s1. The summed E-state index contributed by atoms with van der Waals surface area (Å²) in [5.41, 5.74) is 1.36. The summed E-state index contributed by atoms with van der Waals surface area (Å²) in [5.74, 6) is 0.362. The van der Waals surface area contributed by atoms with Gasteiger partial charge >= 0.3 is 0 Å². The van der Waals surface area contributed by atoms with Crippen molar-refractivity contribution in [2.75, 3.05) is 0 Å². The van der Waals surface area contributed by atoms with Gasteiger partial charge < -0.3 is 5.11 Å². The molecule has 54 valence electrons. The first-order valence-electron chi connectivity index (χ1n) is 3.53. The third-order valence-corrected chi connectivity index (χ3v) is 3.20. The van der Waals surface area contributed by atoms with E-state index in [9.17, 15) is 5.11 Å². The van der Waals surface area contributed by atoms with E-state index < -0.39 is 0 Å². The Labute approximate surface area is 64.3 Å². The zero-order valence-corrected chi connectivity index (χ0v) is 6.69. The molecule has 0 fully saturated rings. The van der Waals surface area contributed by atoms with E-state index in [0.29, 0.717) is 5.92 Å². The summed E-state index contributed by atoms with van der Waals surface area (Å²) in [5, 5.41) is 11.5. The maximum Gasteiger partial charge on any atom is 0.0654 e. The van der Waals surface area contributed by atoms with Crippen molar-refractivity contribution < 1.29 is 5.11 Å². The van der Waals surface area contributed by atoms with Crippen molar-refractivity contribution in [1.82, 2.24) is 0 Å². The summed E-state index contributed by atoms with van der Waals surface area (Å²) >= 11 is 1.76. The number of hydrogen-bond donors (Lipinski definition) is 1. The predicted octanol–water partition coefficient (Wildman–Crippen LogP) is 1.77. The topological polar surface area (TPSA) is 20.2 Å². The van der Waals surface area contributed by atoms with Crippen LogP contribution >= 0.6 is 11.3 Å². The molecular formula is C8H10OS. The molecule has 0 bridgehead atoms. The van der Waals surface area contributed by atoms with Gasteiger partial charge in [0.1, 0.15) is 0 Å². The Balaban J connectivity index is 2.43. The number of hydrogen-bond acceptors (Lipinski definition) is 2. The minimum absolute atomic E-state index is 0.123. The Kier molecular flexibility index (Phi) is 1.32. The van der Waals surface area contributed by atoms with E-state index in [2.05, 4.69) is 18.4 Å². The van der Waals surface area contributed by atoms with Crippen LogP contribution in [0.1, 0.15) is 23.3 Å². The molecule has 2 rings (SSSR count).